The minimum atomic E-state index is -1.26. The Balaban J connectivity index is 0.000000459. The maximum Gasteiger partial charge on any atom is 0.328 e. The molecule has 7 heteroatoms. The van der Waals surface area contributed by atoms with Crippen LogP contribution in [0.1, 0.15) is 53.3 Å². The molecular formula is C32H35NO6. The van der Waals surface area contributed by atoms with Crippen LogP contribution in [0, 0.1) is 0 Å². The van der Waals surface area contributed by atoms with Gasteiger partial charge in [0.1, 0.15) is 6.10 Å². The van der Waals surface area contributed by atoms with Crippen molar-refractivity contribution < 1.29 is 29.3 Å². The third kappa shape index (κ3) is 10.7. The molecule has 0 saturated carbocycles. The number of hydrogen-bond donors (Lipinski definition) is 2. The fraction of sp³-hybridized carbons (Fsp3) is 0.281. The number of carbonyl (C=O) groups is 3. The number of hydrogen-bond acceptors (Lipinski definition) is 5. The van der Waals surface area contributed by atoms with Gasteiger partial charge in [-0.1, -0.05) is 91.0 Å². The zero-order chi connectivity index (χ0) is 27.9. The van der Waals surface area contributed by atoms with E-state index in [9.17, 15) is 14.4 Å². The van der Waals surface area contributed by atoms with Crippen LogP contribution in [0.3, 0.4) is 0 Å². The molecular weight excluding hydrogens is 494 g/mol. The maximum absolute atomic E-state index is 12.3. The number of ketones is 1. The molecule has 1 fully saturated rings. The topological polar surface area (TPSA) is 104 Å². The predicted octanol–water partition coefficient (Wildman–Crippen LogP) is 5.63. The summed E-state index contributed by atoms with van der Waals surface area (Å²) in [5.41, 5.74) is 3.23. The quantitative estimate of drug-likeness (QED) is 0.245. The largest absolute Gasteiger partial charge is 0.478 e. The lowest BCUT2D eigenvalue weighted by molar-refractivity contribution is -0.134. The van der Waals surface area contributed by atoms with Gasteiger partial charge >= 0.3 is 11.9 Å². The molecule has 0 unspecified atom stereocenters. The molecule has 0 radical (unpaired) electrons. The van der Waals surface area contributed by atoms with Crippen molar-refractivity contribution in [3.8, 4) is 0 Å². The Morgan fingerprint density at radius 3 is 1.69 bits per heavy atom. The Bertz CT molecular complexity index is 1130. The standard InChI is InChI=1S/C28H31NO2.C4H4O4/c30-27(23-11-4-1-5-12-23)17-10-20-29-21-18-26(19-22-29)31-28(24-13-6-2-7-14-24)25-15-8-3-9-16-25;5-3(6)1-2-4(7)8/h1-9,11-16,26,28H,10,17-22H2;1-2H,(H,5,6)(H,7,8). The third-order valence-electron chi connectivity index (χ3n) is 6.41. The number of aliphatic carboxylic acids is 2. The monoisotopic (exact) mass is 529 g/mol. The number of likely N-dealkylation sites (tertiary alicyclic amines) is 1. The lowest BCUT2D eigenvalue weighted by atomic mass is 10.00. The molecule has 4 rings (SSSR count). The van der Waals surface area contributed by atoms with E-state index in [4.69, 9.17) is 14.9 Å². The second kappa shape index (κ2) is 16.0. The summed E-state index contributed by atoms with van der Waals surface area (Å²) in [4.78, 5) is 33.9. The first-order valence-electron chi connectivity index (χ1n) is 13.1. The van der Waals surface area contributed by atoms with Crippen molar-refractivity contribution in [3.63, 3.8) is 0 Å². The van der Waals surface area contributed by atoms with Gasteiger partial charge < -0.3 is 19.8 Å². The summed E-state index contributed by atoms with van der Waals surface area (Å²) >= 11 is 0. The van der Waals surface area contributed by atoms with Gasteiger partial charge in [-0.25, -0.2) is 9.59 Å². The van der Waals surface area contributed by atoms with Crippen LogP contribution >= 0.6 is 0 Å². The summed E-state index contributed by atoms with van der Waals surface area (Å²) in [5, 5.41) is 15.6. The Morgan fingerprint density at radius 2 is 1.23 bits per heavy atom. The molecule has 2 N–H and O–H groups in total. The minimum Gasteiger partial charge on any atom is -0.478 e. The highest BCUT2D eigenvalue weighted by Gasteiger charge is 2.24. The molecule has 1 heterocycles. The van der Waals surface area contributed by atoms with E-state index in [2.05, 4.69) is 53.4 Å². The Morgan fingerprint density at radius 1 is 0.769 bits per heavy atom. The number of nitrogens with zero attached hydrogens (tertiary/aromatic N) is 1. The molecule has 0 aliphatic carbocycles. The summed E-state index contributed by atoms with van der Waals surface area (Å²) < 4.78 is 6.63. The molecule has 7 nitrogen and oxygen atoms in total. The highest BCUT2D eigenvalue weighted by molar-refractivity contribution is 5.95. The molecule has 3 aromatic carbocycles. The number of carbonyl (C=O) groups excluding carboxylic acids is 1. The van der Waals surface area contributed by atoms with Crippen LogP contribution in [-0.2, 0) is 14.3 Å². The highest BCUT2D eigenvalue weighted by atomic mass is 16.5. The van der Waals surface area contributed by atoms with Gasteiger partial charge in [-0.15, -0.1) is 0 Å². The van der Waals surface area contributed by atoms with Gasteiger partial charge in [-0.05, 0) is 36.9 Å². The van der Waals surface area contributed by atoms with Gasteiger partial charge in [-0.2, -0.15) is 0 Å². The normalized spacial score (nSPS) is 14.1. The van der Waals surface area contributed by atoms with Crippen LogP contribution in [0.4, 0.5) is 0 Å². The molecule has 0 aromatic heterocycles. The number of ether oxygens (including phenoxy) is 1. The molecule has 1 saturated heterocycles. The van der Waals surface area contributed by atoms with Crippen molar-refractivity contribution in [3.05, 3.63) is 120 Å². The van der Waals surface area contributed by atoms with Crippen LogP contribution in [-0.4, -0.2) is 58.6 Å². The summed E-state index contributed by atoms with van der Waals surface area (Å²) in [7, 11) is 0. The van der Waals surface area contributed by atoms with Crippen molar-refractivity contribution in [2.75, 3.05) is 19.6 Å². The SMILES string of the molecule is O=C(CCCN1CCC(OC(c2ccccc2)c2ccccc2)CC1)c1ccccc1.O=C(O)C=CC(=O)O. The van der Waals surface area contributed by atoms with Crippen molar-refractivity contribution in [1.82, 2.24) is 4.90 Å². The highest BCUT2D eigenvalue weighted by Crippen LogP contribution is 2.30. The molecule has 0 spiro atoms. The van der Waals surface area contributed by atoms with E-state index in [1.807, 2.05) is 42.5 Å². The zero-order valence-corrected chi connectivity index (χ0v) is 21.9. The fourth-order valence-corrected chi connectivity index (χ4v) is 4.44. The van der Waals surface area contributed by atoms with Gasteiger partial charge in [0, 0.05) is 37.2 Å². The summed E-state index contributed by atoms with van der Waals surface area (Å²) in [5.74, 6) is -2.27. The minimum absolute atomic E-state index is 0.0255. The van der Waals surface area contributed by atoms with E-state index in [1.54, 1.807) is 0 Å². The average molecular weight is 530 g/mol. The van der Waals surface area contributed by atoms with Crippen LogP contribution in [0.2, 0.25) is 0 Å². The van der Waals surface area contributed by atoms with Crippen molar-refractivity contribution in [2.45, 2.75) is 37.9 Å². The van der Waals surface area contributed by atoms with Crippen molar-refractivity contribution in [2.24, 2.45) is 0 Å². The Labute approximate surface area is 229 Å². The molecule has 204 valence electrons. The number of Topliss-reactive ketones (excluding diaryl/α,β-unsaturated/α-hetero) is 1. The van der Waals surface area contributed by atoms with Crippen LogP contribution < -0.4 is 0 Å². The van der Waals surface area contributed by atoms with Crippen LogP contribution in [0.5, 0.6) is 0 Å². The first-order valence-corrected chi connectivity index (χ1v) is 13.1. The zero-order valence-electron chi connectivity index (χ0n) is 21.9. The number of carboxylic acid groups (broad SMARTS) is 2. The number of benzene rings is 3. The van der Waals surface area contributed by atoms with E-state index >= 15 is 0 Å². The van der Waals surface area contributed by atoms with Gasteiger partial charge in [-0.3, -0.25) is 4.79 Å². The first-order chi connectivity index (χ1) is 18.9. The Kier molecular flexibility index (Phi) is 12.1. The van der Waals surface area contributed by atoms with E-state index in [-0.39, 0.29) is 18.0 Å². The summed E-state index contributed by atoms with van der Waals surface area (Å²) in [6.45, 7) is 3.03. The molecule has 39 heavy (non-hydrogen) atoms. The van der Waals surface area contributed by atoms with Crippen molar-refractivity contribution in [1.29, 1.82) is 0 Å². The van der Waals surface area contributed by atoms with Crippen molar-refractivity contribution >= 4 is 17.7 Å². The van der Waals surface area contributed by atoms with Gasteiger partial charge in [0.15, 0.2) is 5.78 Å². The van der Waals surface area contributed by atoms with E-state index in [0.717, 1.165) is 44.5 Å². The summed E-state index contributed by atoms with van der Waals surface area (Å²) in [6.07, 6.45) is 4.94. The van der Waals surface area contributed by atoms with E-state index in [0.29, 0.717) is 18.6 Å². The van der Waals surface area contributed by atoms with Gasteiger partial charge in [0.05, 0.1) is 6.10 Å². The smallest absolute Gasteiger partial charge is 0.328 e. The molecule has 1 aliphatic rings. The Hall–Kier alpha value is -4.07. The molecule has 0 atom stereocenters. The second-order valence-corrected chi connectivity index (χ2v) is 9.28. The lowest BCUT2D eigenvalue weighted by Crippen LogP contribution is -2.38. The lowest BCUT2D eigenvalue weighted by Gasteiger charge is -2.34. The van der Waals surface area contributed by atoms with E-state index < -0.39 is 11.9 Å². The van der Waals surface area contributed by atoms with E-state index in [1.165, 1.54) is 11.1 Å². The summed E-state index contributed by atoms with van der Waals surface area (Å²) in [6, 6.07) is 30.6. The molecule has 0 bridgehead atoms. The number of carboxylic acids is 2. The average Bonchev–Trinajstić information content (AvgIpc) is 2.97. The predicted molar refractivity (Wildman–Crippen MR) is 150 cm³/mol. The third-order valence-corrected chi connectivity index (χ3v) is 6.41. The maximum atomic E-state index is 12.3. The molecule has 3 aromatic rings. The molecule has 0 amide bonds. The first kappa shape index (κ1) is 29.5. The number of piperidine rings is 1. The number of rotatable bonds is 11. The van der Waals surface area contributed by atoms with Gasteiger partial charge in [0.25, 0.3) is 0 Å². The fourth-order valence-electron chi connectivity index (χ4n) is 4.44. The van der Waals surface area contributed by atoms with Crippen LogP contribution in [0.15, 0.2) is 103 Å². The molecule has 1 aliphatic heterocycles. The van der Waals surface area contributed by atoms with Gasteiger partial charge in [0.2, 0.25) is 0 Å². The second-order valence-electron chi connectivity index (χ2n) is 9.28. The van der Waals surface area contributed by atoms with Crippen LogP contribution in [0.25, 0.3) is 0 Å².